The number of benzene rings is 1. The van der Waals surface area contributed by atoms with Crippen molar-refractivity contribution >= 4 is 35.1 Å². The predicted molar refractivity (Wildman–Crippen MR) is 65.3 cm³/mol. The van der Waals surface area contributed by atoms with Crippen LogP contribution in [-0.2, 0) is 11.2 Å². The summed E-state index contributed by atoms with van der Waals surface area (Å²) in [6.07, 6.45) is 0.594. The van der Waals surface area contributed by atoms with Crippen molar-refractivity contribution in [3.8, 4) is 0 Å². The van der Waals surface area contributed by atoms with Crippen LogP contribution >= 0.6 is 23.2 Å². The lowest BCUT2D eigenvalue weighted by molar-refractivity contribution is -0.118. The quantitative estimate of drug-likeness (QED) is 0.857. The third kappa shape index (κ3) is 2.90. The first kappa shape index (κ1) is 12.2. The summed E-state index contributed by atoms with van der Waals surface area (Å²) in [5.41, 5.74) is 0.906. The highest BCUT2D eigenvalue weighted by Gasteiger charge is 2.25. The van der Waals surface area contributed by atoms with E-state index in [0.717, 1.165) is 5.56 Å². The Labute approximate surface area is 108 Å². The Morgan fingerprint density at radius 2 is 2.06 bits per heavy atom. The molecule has 0 spiro atoms. The first-order chi connectivity index (χ1) is 8.06. The van der Waals surface area contributed by atoms with Crippen LogP contribution in [-0.4, -0.2) is 29.9 Å². The molecule has 90 valence electrons. The van der Waals surface area contributed by atoms with E-state index >= 15 is 0 Å². The van der Waals surface area contributed by atoms with E-state index in [1.165, 1.54) is 4.90 Å². The van der Waals surface area contributed by atoms with Crippen LogP contribution in [0.2, 0.25) is 10.0 Å². The zero-order valence-corrected chi connectivity index (χ0v) is 10.4. The molecule has 1 aromatic carbocycles. The van der Waals surface area contributed by atoms with E-state index < -0.39 is 0 Å². The van der Waals surface area contributed by atoms with Gasteiger partial charge in [-0.3, -0.25) is 10.1 Å². The number of amides is 3. The van der Waals surface area contributed by atoms with Gasteiger partial charge in [-0.15, -0.1) is 0 Å². The average Bonchev–Trinajstić information content (AvgIpc) is 2.56. The summed E-state index contributed by atoms with van der Waals surface area (Å²) in [4.78, 5) is 23.7. The highest BCUT2D eigenvalue weighted by molar-refractivity contribution is 6.35. The molecule has 0 radical (unpaired) electrons. The smallest absolute Gasteiger partial charge is 0.315 e. The summed E-state index contributed by atoms with van der Waals surface area (Å²) in [6.45, 7) is 0.572. The Kier molecular flexibility index (Phi) is 3.54. The number of urea groups is 1. The molecule has 1 heterocycles. The van der Waals surface area contributed by atoms with Crippen molar-refractivity contribution in [3.63, 3.8) is 0 Å². The normalized spacial score (nSPS) is 15.3. The molecule has 2 rings (SSSR count). The zero-order valence-electron chi connectivity index (χ0n) is 8.87. The molecular weight excluding hydrogens is 263 g/mol. The molecule has 6 heteroatoms. The molecule has 0 unspecified atom stereocenters. The van der Waals surface area contributed by atoms with Gasteiger partial charge < -0.3 is 4.90 Å². The summed E-state index contributed by atoms with van der Waals surface area (Å²) in [7, 11) is 0. The number of carbonyl (C=O) groups excluding carboxylic acids is 2. The minimum absolute atomic E-state index is 0.115. The largest absolute Gasteiger partial charge is 0.324 e. The maximum atomic E-state index is 11.3. The second-order valence-electron chi connectivity index (χ2n) is 3.76. The number of carbonyl (C=O) groups is 2. The van der Waals surface area contributed by atoms with Crippen molar-refractivity contribution in [3.05, 3.63) is 33.8 Å². The molecule has 0 aliphatic carbocycles. The second kappa shape index (κ2) is 4.94. The monoisotopic (exact) mass is 272 g/mol. The molecule has 1 fully saturated rings. The minimum Gasteiger partial charge on any atom is -0.315 e. The molecule has 1 aliphatic rings. The lowest BCUT2D eigenvalue weighted by atomic mass is 10.1. The summed E-state index contributed by atoms with van der Waals surface area (Å²) < 4.78 is 0. The van der Waals surface area contributed by atoms with E-state index in [2.05, 4.69) is 5.32 Å². The molecule has 3 amide bonds. The van der Waals surface area contributed by atoms with Gasteiger partial charge in [0.15, 0.2) is 0 Å². The number of nitrogens with one attached hydrogen (secondary N) is 1. The number of halogens is 2. The van der Waals surface area contributed by atoms with E-state index in [4.69, 9.17) is 23.2 Å². The van der Waals surface area contributed by atoms with Gasteiger partial charge in [-0.05, 0) is 24.1 Å². The number of nitrogens with zero attached hydrogens (tertiary/aromatic N) is 1. The van der Waals surface area contributed by atoms with Crippen LogP contribution in [0.3, 0.4) is 0 Å². The molecule has 0 atom stereocenters. The number of hydrogen-bond acceptors (Lipinski definition) is 2. The van der Waals surface area contributed by atoms with Gasteiger partial charge in [0, 0.05) is 16.6 Å². The lowest BCUT2D eigenvalue weighted by Crippen LogP contribution is -2.30. The lowest BCUT2D eigenvalue weighted by Gasteiger charge is -2.13. The summed E-state index contributed by atoms with van der Waals surface area (Å²) in [6, 6.07) is 4.88. The van der Waals surface area contributed by atoms with E-state index in [1.807, 2.05) is 6.07 Å². The van der Waals surface area contributed by atoms with Crippen LogP contribution in [0.5, 0.6) is 0 Å². The Morgan fingerprint density at radius 1 is 1.29 bits per heavy atom. The van der Waals surface area contributed by atoms with Gasteiger partial charge in [-0.25, -0.2) is 4.79 Å². The molecule has 0 saturated carbocycles. The molecule has 1 aromatic rings. The van der Waals surface area contributed by atoms with Crippen LogP contribution in [0.4, 0.5) is 4.79 Å². The van der Waals surface area contributed by atoms with Gasteiger partial charge in [0.2, 0.25) is 5.91 Å². The van der Waals surface area contributed by atoms with E-state index in [9.17, 15) is 9.59 Å². The summed E-state index contributed by atoms with van der Waals surface area (Å²) >= 11 is 11.8. The van der Waals surface area contributed by atoms with Crippen molar-refractivity contribution in [1.82, 2.24) is 10.2 Å². The third-order valence-corrected chi connectivity index (χ3v) is 3.12. The fourth-order valence-electron chi connectivity index (χ4n) is 1.64. The Morgan fingerprint density at radius 3 is 2.65 bits per heavy atom. The molecule has 0 bridgehead atoms. The maximum absolute atomic E-state index is 11.3. The number of hydrogen-bond donors (Lipinski definition) is 1. The SMILES string of the molecule is O=C1CN(CCc2ccc(Cl)cc2Cl)C(=O)N1. The molecule has 1 N–H and O–H groups in total. The highest BCUT2D eigenvalue weighted by atomic mass is 35.5. The maximum Gasteiger partial charge on any atom is 0.324 e. The molecule has 0 aromatic heterocycles. The molecular formula is C11H10Cl2N2O2. The topological polar surface area (TPSA) is 49.4 Å². The molecule has 4 nitrogen and oxygen atoms in total. The second-order valence-corrected chi connectivity index (χ2v) is 4.60. The van der Waals surface area contributed by atoms with Gasteiger partial charge in [0.05, 0.1) is 0 Å². The van der Waals surface area contributed by atoms with Crippen LogP contribution in [0.25, 0.3) is 0 Å². The van der Waals surface area contributed by atoms with Gasteiger partial charge in [0.1, 0.15) is 6.54 Å². The van der Waals surface area contributed by atoms with Crippen LogP contribution in [0.1, 0.15) is 5.56 Å². The van der Waals surface area contributed by atoms with Crippen LogP contribution < -0.4 is 5.32 Å². The Balaban J connectivity index is 1.98. The molecule has 1 saturated heterocycles. The summed E-state index contributed by atoms with van der Waals surface area (Å²) in [5, 5.41) is 3.37. The predicted octanol–water partition coefficient (Wildman–Crippen LogP) is 2.09. The van der Waals surface area contributed by atoms with Gasteiger partial charge in [-0.1, -0.05) is 29.3 Å². The van der Waals surface area contributed by atoms with E-state index in [0.29, 0.717) is 23.0 Å². The minimum atomic E-state index is -0.347. The van der Waals surface area contributed by atoms with Gasteiger partial charge in [0.25, 0.3) is 0 Å². The Hall–Kier alpha value is -1.26. The first-order valence-electron chi connectivity index (χ1n) is 5.09. The van der Waals surface area contributed by atoms with Crippen molar-refractivity contribution < 1.29 is 9.59 Å². The first-order valence-corrected chi connectivity index (χ1v) is 5.84. The number of imide groups is 1. The summed E-state index contributed by atoms with van der Waals surface area (Å²) in [5.74, 6) is -0.266. The van der Waals surface area contributed by atoms with Crippen molar-refractivity contribution in [1.29, 1.82) is 0 Å². The highest BCUT2D eigenvalue weighted by Crippen LogP contribution is 2.21. The fraction of sp³-hybridized carbons (Fsp3) is 0.273. The fourth-order valence-corrected chi connectivity index (χ4v) is 2.15. The van der Waals surface area contributed by atoms with Crippen molar-refractivity contribution in [2.75, 3.05) is 13.1 Å². The van der Waals surface area contributed by atoms with Crippen molar-refractivity contribution in [2.24, 2.45) is 0 Å². The van der Waals surface area contributed by atoms with Crippen molar-refractivity contribution in [2.45, 2.75) is 6.42 Å². The standard InChI is InChI=1S/C11H10Cl2N2O2/c12-8-2-1-7(9(13)5-8)3-4-15-6-10(16)14-11(15)17/h1-2,5H,3-4,6H2,(H,14,16,17). The van der Waals surface area contributed by atoms with E-state index in [-0.39, 0.29) is 18.5 Å². The van der Waals surface area contributed by atoms with Crippen LogP contribution in [0.15, 0.2) is 18.2 Å². The molecule has 17 heavy (non-hydrogen) atoms. The number of rotatable bonds is 3. The van der Waals surface area contributed by atoms with E-state index in [1.54, 1.807) is 12.1 Å². The third-order valence-electron chi connectivity index (χ3n) is 2.53. The van der Waals surface area contributed by atoms with Crippen LogP contribution in [0, 0.1) is 0 Å². The average molecular weight is 273 g/mol. The molecule has 1 aliphatic heterocycles. The zero-order chi connectivity index (χ0) is 12.4. The Bertz CT molecular complexity index is 477. The van der Waals surface area contributed by atoms with Gasteiger partial charge in [-0.2, -0.15) is 0 Å². The van der Waals surface area contributed by atoms with Gasteiger partial charge >= 0.3 is 6.03 Å².